The van der Waals surface area contributed by atoms with Crippen molar-refractivity contribution in [3.8, 4) is 22.9 Å². The molecule has 0 spiro atoms. The zero-order valence-corrected chi connectivity index (χ0v) is 26.9. The fourth-order valence-corrected chi connectivity index (χ4v) is 8.84. The van der Waals surface area contributed by atoms with E-state index in [2.05, 4.69) is 9.88 Å². The maximum Gasteiger partial charge on any atom is 0.471 e. The van der Waals surface area contributed by atoms with Gasteiger partial charge in [-0.25, -0.2) is 8.78 Å². The molecule has 8 nitrogen and oxygen atoms in total. The summed E-state index contributed by atoms with van der Waals surface area (Å²) < 4.78 is 78.1. The molecule has 1 amide bonds. The summed E-state index contributed by atoms with van der Waals surface area (Å²) in [6, 6.07) is 10.7. The van der Waals surface area contributed by atoms with E-state index in [4.69, 9.17) is 9.72 Å². The molecule has 0 saturated carbocycles. The van der Waals surface area contributed by atoms with Gasteiger partial charge in [-0.3, -0.25) is 9.69 Å². The minimum absolute atomic E-state index is 0.0208. The first-order chi connectivity index (χ1) is 23.5. The predicted octanol–water partition coefficient (Wildman–Crippen LogP) is 6.55. The minimum atomic E-state index is -4.98. The van der Waals surface area contributed by atoms with E-state index >= 15 is 4.39 Å². The van der Waals surface area contributed by atoms with Crippen LogP contribution in [0.4, 0.5) is 27.8 Å². The van der Waals surface area contributed by atoms with Gasteiger partial charge in [-0.1, -0.05) is 31.2 Å². The number of piperazine rings is 1. The summed E-state index contributed by atoms with van der Waals surface area (Å²) in [5.41, 5.74) is 1.12. The standard InChI is InChI=1S/C36H36F5N5O3/c1-2-20-5-3-6-21-13-25(47)14-28(29(20)21)26-9-10-27-31(30(26)38)42-34(49-19-35-11-4-12-45(35)16-22(37)15-35)43-32(27)44-17-23-7-8-24(18-44)46(23)33(48)36(39,40)41/h3,5-6,9-10,13-14,22-24,47H,2,4,7-8,11-12,15-19H2,1H3/t22-,23?,24?,35+/m1/s1. The number of carbonyl (C=O) groups excluding carboxylic acids is 1. The number of halogens is 5. The van der Waals surface area contributed by atoms with Crippen LogP contribution in [0.15, 0.2) is 42.5 Å². The zero-order valence-electron chi connectivity index (χ0n) is 26.9. The molecule has 4 aliphatic heterocycles. The van der Waals surface area contributed by atoms with Crippen molar-refractivity contribution in [1.82, 2.24) is 19.8 Å². The number of alkyl halides is 4. The summed E-state index contributed by atoms with van der Waals surface area (Å²) in [6.07, 6.45) is -2.51. The molecule has 4 saturated heterocycles. The Morgan fingerprint density at radius 1 is 1.06 bits per heavy atom. The monoisotopic (exact) mass is 681 g/mol. The predicted molar refractivity (Wildman–Crippen MR) is 174 cm³/mol. The number of ether oxygens (including phenoxy) is 1. The van der Waals surface area contributed by atoms with Gasteiger partial charge >= 0.3 is 18.1 Å². The third-order valence-electron chi connectivity index (χ3n) is 11.0. The summed E-state index contributed by atoms with van der Waals surface area (Å²) in [5, 5.41) is 12.5. The van der Waals surface area contributed by atoms with Crippen molar-refractivity contribution in [3.05, 3.63) is 53.8 Å². The van der Waals surface area contributed by atoms with Gasteiger partial charge in [-0.05, 0) is 78.7 Å². The third kappa shape index (κ3) is 5.32. The van der Waals surface area contributed by atoms with Crippen LogP contribution >= 0.6 is 0 Å². The fourth-order valence-electron chi connectivity index (χ4n) is 8.84. The van der Waals surface area contributed by atoms with E-state index in [-0.39, 0.29) is 42.5 Å². The van der Waals surface area contributed by atoms with Crippen LogP contribution in [-0.4, -0.2) is 93.5 Å². The van der Waals surface area contributed by atoms with Crippen LogP contribution in [0.5, 0.6) is 11.8 Å². The van der Waals surface area contributed by atoms with Gasteiger partial charge in [0.1, 0.15) is 29.9 Å². The number of anilines is 1. The van der Waals surface area contributed by atoms with Gasteiger partial charge in [-0.15, -0.1) is 0 Å². The lowest BCUT2D eigenvalue weighted by molar-refractivity contribution is -0.188. The van der Waals surface area contributed by atoms with E-state index in [0.717, 1.165) is 40.6 Å². The Morgan fingerprint density at radius 3 is 2.57 bits per heavy atom. The Labute approximate surface area is 279 Å². The van der Waals surface area contributed by atoms with Crippen molar-refractivity contribution >= 4 is 33.4 Å². The van der Waals surface area contributed by atoms with Crippen LogP contribution in [0.3, 0.4) is 0 Å². The molecule has 4 fully saturated rings. The number of aryl methyl sites for hydroxylation is 1. The zero-order chi connectivity index (χ0) is 34.2. The normalized spacial score (nSPS) is 25.5. The molecular formula is C36H36F5N5O3. The number of aromatic nitrogens is 2. The van der Waals surface area contributed by atoms with Crippen molar-refractivity contribution < 1.29 is 36.6 Å². The molecule has 8 rings (SSSR count). The fraction of sp³-hybridized carbons (Fsp3) is 0.472. The largest absolute Gasteiger partial charge is 0.508 e. The number of nitrogens with zero attached hydrogens (tertiary/aromatic N) is 5. The Balaban J connectivity index is 1.24. The SMILES string of the molecule is CCc1cccc2cc(O)cc(-c3ccc4c(N5CC6CCC(C5)N6C(=O)C(F)(F)F)nc(OC[C@@]56CCCN5C[C@H](F)C6)nc4c3F)c12. The summed E-state index contributed by atoms with van der Waals surface area (Å²) in [4.78, 5) is 26.4. The van der Waals surface area contributed by atoms with E-state index in [9.17, 15) is 27.5 Å². The Hall–Kier alpha value is -4.26. The van der Waals surface area contributed by atoms with E-state index < -0.39 is 41.7 Å². The van der Waals surface area contributed by atoms with Crippen molar-refractivity contribution in [2.45, 2.75) is 75.4 Å². The summed E-state index contributed by atoms with van der Waals surface area (Å²) in [7, 11) is 0. The lowest BCUT2D eigenvalue weighted by Crippen LogP contribution is -2.59. The molecule has 13 heteroatoms. The molecule has 3 aromatic carbocycles. The number of hydrogen-bond donors (Lipinski definition) is 1. The number of hydrogen-bond acceptors (Lipinski definition) is 7. The van der Waals surface area contributed by atoms with E-state index in [1.807, 2.05) is 25.1 Å². The van der Waals surface area contributed by atoms with E-state index in [1.54, 1.807) is 23.1 Å². The van der Waals surface area contributed by atoms with Crippen LogP contribution in [0.25, 0.3) is 32.8 Å². The number of carbonyl (C=O) groups is 1. The molecule has 4 aliphatic rings. The molecule has 1 N–H and O–H groups in total. The molecule has 258 valence electrons. The Morgan fingerprint density at radius 2 is 1.84 bits per heavy atom. The molecule has 5 heterocycles. The van der Waals surface area contributed by atoms with Gasteiger partial charge < -0.3 is 19.6 Å². The first-order valence-electron chi connectivity index (χ1n) is 16.9. The molecule has 0 radical (unpaired) electrons. The molecule has 2 unspecified atom stereocenters. The lowest BCUT2D eigenvalue weighted by atomic mass is 9.92. The Kier molecular flexibility index (Phi) is 7.62. The summed E-state index contributed by atoms with van der Waals surface area (Å²) in [5.74, 6) is -2.23. The minimum Gasteiger partial charge on any atom is -0.508 e. The molecular weight excluding hydrogens is 645 g/mol. The quantitative estimate of drug-likeness (QED) is 0.231. The molecule has 4 aromatic rings. The number of aromatic hydroxyl groups is 1. The second kappa shape index (κ2) is 11.7. The Bertz CT molecular complexity index is 1960. The van der Waals surface area contributed by atoms with E-state index in [1.165, 1.54) is 6.07 Å². The van der Waals surface area contributed by atoms with E-state index in [0.29, 0.717) is 49.0 Å². The van der Waals surface area contributed by atoms with Crippen LogP contribution in [0.1, 0.15) is 44.6 Å². The maximum atomic E-state index is 17.0. The van der Waals surface area contributed by atoms with Crippen molar-refractivity contribution in [2.75, 3.05) is 37.7 Å². The van der Waals surface area contributed by atoms with Gasteiger partial charge in [0.2, 0.25) is 0 Å². The average molecular weight is 682 g/mol. The number of benzene rings is 3. The highest BCUT2D eigenvalue weighted by Gasteiger charge is 2.52. The van der Waals surface area contributed by atoms with Gasteiger partial charge in [0.25, 0.3) is 0 Å². The summed E-state index contributed by atoms with van der Waals surface area (Å²) >= 11 is 0. The smallest absolute Gasteiger partial charge is 0.471 e. The van der Waals surface area contributed by atoms with Gasteiger partial charge in [-0.2, -0.15) is 23.1 Å². The van der Waals surface area contributed by atoms with Crippen LogP contribution in [0, 0.1) is 5.82 Å². The average Bonchev–Trinajstić information content (AvgIpc) is 3.68. The summed E-state index contributed by atoms with van der Waals surface area (Å²) in [6.45, 7) is 3.34. The number of phenolic OH excluding ortho intramolecular Hbond substituents is 1. The lowest BCUT2D eigenvalue weighted by Gasteiger charge is -2.42. The number of amides is 1. The van der Waals surface area contributed by atoms with Gasteiger partial charge in [0.05, 0.1) is 17.6 Å². The highest BCUT2D eigenvalue weighted by molar-refractivity contribution is 6.03. The van der Waals surface area contributed by atoms with Crippen LogP contribution < -0.4 is 9.64 Å². The number of phenols is 1. The number of fused-ring (bicyclic) bond motifs is 5. The second-order valence-electron chi connectivity index (χ2n) is 13.9. The first-order valence-corrected chi connectivity index (χ1v) is 16.9. The molecule has 0 aliphatic carbocycles. The maximum absolute atomic E-state index is 17.0. The molecule has 1 aromatic heterocycles. The topological polar surface area (TPSA) is 82.0 Å². The van der Waals surface area contributed by atoms with Gasteiger partial charge in [0.15, 0.2) is 5.82 Å². The molecule has 4 atom stereocenters. The highest BCUT2D eigenvalue weighted by Crippen LogP contribution is 2.43. The van der Waals surface area contributed by atoms with Gasteiger partial charge in [0, 0.05) is 37.0 Å². The second-order valence-corrected chi connectivity index (χ2v) is 13.9. The van der Waals surface area contributed by atoms with Crippen molar-refractivity contribution in [1.29, 1.82) is 0 Å². The van der Waals surface area contributed by atoms with Crippen LogP contribution in [0.2, 0.25) is 0 Å². The highest BCUT2D eigenvalue weighted by atomic mass is 19.4. The third-order valence-corrected chi connectivity index (χ3v) is 11.0. The van der Waals surface area contributed by atoms with Crippen LogP contribution in [-0.2, 0) is 11.2 Å². The first kappa shape index (κ1) is 32.0. The molecule has 49 heavy (non-hydrogen) atoms. The van der Waals surface area contributed by atoms with Crippen molar-refractivity contribution in [3.63, 3.8) is 0 Å². The number of rotatable bonds is 6. The van der Waals surface area contributed by atoms with Crippen molar-refractivity contribution in [2.24, 2.45) is 0 Å². The molecule has 2 bridgehead atoms.